The highest BCUT2D eigenvalue weighted by atomic mass is 32.2. The Morgan fingerprint density at radius 3 is 2.70 bits per heavy atom. The number of aliphatic carboxylic acids is 1. The molecule has 20 heavy (non-hydrogen) atoms. The number of thioether (sulfide) groups is 1. The van der Waals surface area contributed by atoms with E-state index in [2.05, 4.69) is 0 Å². The molecule has 1 fully saturated rings. The van der Waals surface area contributed by atoms with Crippen molar-refractivity contribution in [1.82, 2.24) is 0 Å². The first-order valence-corrected chi connectivity index (χ1v) is 7.61. The van der Waals surface area contributed by atoms with E-state index >= 15 is 0 Å². The molecule has 0 bridgehead atoms. The van der Waals surface area contributed by atoms with Gasteiger partial charge in [0.2, 0.25) is 0 Å². The van der Waals surface area contributed by atoms with E-state index in [1.165, 1.54) is 13.2 Å². The topological polar surface area (TPSA) is 76.0 Å². The second kappa shape index (κ2) is 6.85. The Hall–Kier alpha value is -1.40. The predicted molar refractivity (Wildman–Crippen MR) is 76.6 cm³/mol. The molecule has 0 spiro atoms. The molecule has 2 rings (SSSR count). The minimum absolute atomic E-state index is 0.113. The maximum atomic E-state index is 10.9. The molecule has 1 atom stereocenters. The van der Waals surface area contributed by atoms with E-state index in [4.69, 9.17) is 14.6 Å². The maximum Gasteiger partial charge on any atom is 0.337 e. The molecule has 1 heterocycles. The summed E-state index contributed by atoms with van der Waals surface area (Å²) in [5, 5.41) is 18.6. The number of hydrogen-bond donors (Lipinski definition) is 2. The standard InChI is InChI=1S/C14H18O5S/c1-18-13-10(12(15)14(16)17)3-2-4-11(13)19-9-5-7-20-8-6-9/h2-4,9,12,15H,5-8H2,1H3,(H,16,17). The lowest BCUT2D eigenvalue weighted by Crippen LogP contribution is -2.22. The van der Waals surface area contributed by atoms with E-state index in [1.807, 2.05) is 11.8 Å². The lowest BCUT2D eigenvalue weighted by atomic mass is 10.1. The fourth-order valence-corrected chi connectivity index (χ4v) is 3.23. The molecule has 0 aliphatic carbocycles. The van der Waals surface area contributed by atoms with E-state index in [9.17, 15) is 9.90 Å². The monoisotopic (exact) mass is 298 g/mol. The van der Waals surface area contributed by atoms with Gasteiger partial charge in [-0.2, -0.15) is 11.8 Å². The molecule has 2 N–H and O–H groups in total. The van der Waals surface area contributed by atoms with Crippen LogP contribution in [0.15, 0.2) is 18.2 Å². The molecular weight excluding hydrogens is 280 g/mol. The van der Waals surface area contributed by atoms with Crippen molar-refractivity contribution in [1.29, 1.82) is 0 Å². The first-order chi connectivity index (χ1) is 9.63. The highest BCUT2D eigenvalue weighted by molar-refractivity contribution is 7.99. The van der Waals surface area contributed by atoms with Gasteiger partial charge < -0.3 is 19.7 Å². The van der Waals surface area contributed by atoms with Gasteiger partial charge in [-0.3, -0.25) is 0 Å². The summed E-state index contributed by atoms with van der Waals surface area (Å²) in [5.41, 5.74) is 0.211. The molecule has 110 valence electrons. The summed E-state index contributed by atoms with van der Waals surface area (Å²) >= 11 is 1.90. The molecule has 1 saturated heterocycles. The van der Waals surface area contributed by atoms with E-state index in [0.29, 0.717) is 11.5 Å². The molecule has 0 saturated carbocycles. The van der Waals surface area contributed by atoms with Crippen LogP contribution >= 0.6 is 11.8 Å². The van der Waals surface area contributed by atoms with Crippen molar-refractivity contribution in [2.75, 3.05) is 18.6 Å². The molecule has 0 radical (unpaired) electrons. The van der Waals surface area contributed by atoms with Crippen molar-refractivity contribution >= 4 is 17.7 Å². The number of methoxy groups -OCH3 is 1. The van der Waals surface area contributed by atoms with Gasteiger partial charge in [-0.25, -0.2) is 4.79 Å². The van der Waals surface area contributed by atoms with Crippen molar-refractivity contribution in [3.8, 4) is 11.5 Å². The van der Waals surface area contributed by atoms with Crippen LogP contribution in [0.3, 0.4) is 0 Å². The molecule has 6 heteroatoms. The molecule has 5 nitrogen and oxygen atoms in total. The van der Waals surface area contributed by atoms with Crippen molar-refractivity contribution in [3.63, 3.8) is 0 Å². The lowest BCUT2D eigenvalue weighted by Gasteiger charge is -2.24. The van der Waals surface area contributed by atoms with Gasteiger partial charge in [0.15, 0.2) is 17.6 Å². The fraction of sp³-hybridized carbons (Fsp3) is 0.500. The Morgan fingerprint density at radius 2 is 2.10 bits per heavy atom. The normalized spacial score (nSPS) is 17.5. The van der Waals surface area contributed by atoms with Crippen molar-refractivity contribution in [2.24, 2.45) is 0 Å². The van der Waals surface area contributed by atoms with Gasteiger partial charge in [-0.15, -0.1) is 0 Å². The van der Waals surface area contributed by atoms with E-state index in [1.54, 1.807) is 12.1 Å². The predicted octanol–water partition coefficient (Wildman–Crippen LogP) is 2.09. The average molecular weight is 298 g/mol. The summed E-state index contributed by atoms with van der Waals surface area (Å²) in [6.07, 6.45) is 0.414. The van der Waals surface area contributed by atoms with Crippen LogP contribution in [-0.4, -0.2) is 40.9 Å². The van der Waals surface area contributed by atoms with Crippen molar-refractivity contribution in [3.05, 3.63) is 23.8 Å². The van der Waals surface area contributed by atoms with Gasteiger partial charge in [0.05, 0.1) is 7.11 Å². The maximum absolute atomic E-state index is 10.9. The number of benzene rings is 1. The fourth-order valence-electron chi connectivity index (χ4n) is 2.17. The number of carboxylic acids is 1. The molecule has 1 aliphatic rings. The Bertz CT molecular complexity index is 471. The number of carbonyl (C=O) groups is 1. The lowest BCUT2D eigenvalue weighted by molar-refractivity contribution is -0.147. The highest BCUT2D eigenvalue weighted by Gasteiger charge is 2.24. The van der Waals surface area contributed by atoms with Gasteiger partial charge in [0, 0.05) is 5.56 Å². The molecule has 0 aromatic heterocycles. The van der Waals surface area contributed by atoms with E-state index in [-0.39, 0.29) is 11.7 Å². The minimum Gasteiger partial charge on any atom is -0.492 e. The van der Waals surface area contributed by atoms with Crippen LogP contribution in [0.5, 0.6) is 11.5 Å². The zero-order valence-corrected chi connectivity index (χ0v) is 12.1. The van der Waals surface area contributed by atoms with Crippen LogP contribution in [0, 0.1) is 0 Å². The molecule has 1 unspecified atom stereocenters. The SMILES string of the molecule is COc1c(OC2CCSCC2)cccc1C(O)C(=O)O. The molecule has 0 amide bonds. The van der Waals surface area contributed by atoms with Crippen LogP contribution in [0.4, 0.5) is 0 Å². The highest BCUT2D eigenvalue weighted by Crippen LogP contribution is 2.36. The number of hydrogen-bond acceptors (Lipinski definition) is 5. The summed E-state index contributed by atoms with van der Waals surface area (Å²) in [6, 6.07) is 4.93. The number of aliphatic hydroxyl groups excluding tert-OH is 1. The largest absolute Gasteiger partial charge is 0.492 e. The first-order valence-electron chi connectivity index (χ1n) is 6.45. The summed E-state index contributed by atoms with van der Waals surface area (Å²) in [6.45, 7) is 0. The smallest absolute Gasteiger partial charge is 0.337 e. The Morgan fingerprint density at radius 1 is 1.40 bits per heavy atom. The van der Waals surface area contributed by atoms with Gasteiger partial charge in [0.1, 0.15) is 6.10 Å². The third-order valence-corrected chi connectivity index (χ3v) is 4.25. The van der Waals surface area contributed by atoms with Crippen LogP contribution in [-0.2, 0) is 4.79 Å². The van der Waals surface area contributed by atoms with Crippen molar-refractivity contribution in [2.45, 2.75) is 25.0 Å². The summed E-state index contributed by atoms with van der Waals surface area (Å²) < 4.78 is 11.1. The number of para-hydroxylation sites is 1. The first kappa shape index (κ1) is 15.0. The Labute approximate surface area is 121 Å². The van der Waals surface area contributed by atoms with Gasteiger partial charge in [-0.05, 0) is 30.4 Å². The summed E-state index contributed by atoms with van der Waals surface area (Å²) in [7, 11) is 1.44. The quantitative estimate of drug-likeness (QED) is 0.867. The molecule has 1 aromatic carbocycles. The zero-order valence-electron chi connectivity index (χ0n) is 11.2. The van der Waals surface area contributed by atoms with Crippen LogP contribution in [0.1, 0.15) is 24.5 Å². The van der Waals surface area contributed by atoms with Gasteiger partial charge in [-0.1, -0.05) is 12.1 Å². The number of carboxylic acid groups (broad SMARTS) is 1. The van der Waals surface area contributed by atoms with Crippen LogP contribution < -0.4 is 9.47 Å². The Balaban J connectivity index is 2.23. The third-order valence-electron chi connectivity index (χ3n) is 3.20. The number of aliphatic hydroxyl groups is 1. The second-order valence-corrected chi connectivity index (χ2v) is 5.77. The number of ether oxygens (including phenoxy) is 2. The molecule has 1 aromatic rings. The van der Waals surface area contributed by atoms with E-state index in [0.717, 1.165) is 24.3 Å². The van der Waals surface area contributed by atoms with Gasteiger partial charge in [0.25, 0.3) is 0 Å². The molecular formula is C14H18O5S. The van der Waals surface area contributed by atoms with Crippen LogP contribution in [0.2, 0.25) is 0 Å². The average Bonchev–Trinajstić information content (AvgIpc) is 2.47. The second-order valence-electron chi connectivity index (χ2n) is 4.55. The Kier molecular flexibility index (Phi) is 5.14. The molecule has 1 aliphatic heterocycles. The van der Waals surface area contributed by atoms with Crippen molar-refractivity contribution < 1.29 is 24.5 Å². The zero-order chi connectivity index (χ0) is 14.5. The third kappa shape index (κ3) is 3.37. The van der Waals surface area contributed by atoms with E-state index < -0.39 is 12.1 Å². The minimum atomic E-state index is -1.62. The van der Waals surface area contributed by atoms with Gasteiger partial charge >= 0.3 is 5.97 Å². The summed E-state index contributed by atoms with van der Waals surface area (Å²) in [5.74, 6) is 1.59. The van der Waals surface area contributed by atoms with Crippen LogP contribution in [0.25, 0.3) is 0 Å². The number of rotatable bonds is 5. The summed E-state index contributed by atoms with van der Waals surface area (Å²) in [4.78, 5) is 10.9.